The van der Waals surface area contributed by atoms with Gasteiger partial charge < -0.3 is 20.1 Å². The molecule has 0 bridgehead atoms. The highest BCUT2D eigenvalue weighted by Crippen LogP contribution is 2.45. The van der Waals surface area contributed by atoms with Gasteiger partial charge in [0.25, 0.3) is 5.69 Å². The van der Waals surface area contributed by atoms with Crippen molar-refractivity contribution < 1.29 is 19.2 Å². The Kier molecular flexibility index (Phi) is 5.86. The van der Waals surface area contributed by atoms with E-state index >= 15 is 0 Å². The van der Waals surface area contributed by atoms with E-state index in [2.05, 4.69) is 10.6 Å². The summed E-state index contributed by atoms with van der Waals surface area (Å²) >= 11 is 0. The van der Waals surface area contributed by atoms with Crippen LogP contribution < -0.4 is 20.1 Å². The Labute approximate surface area is 202 Å². The fourth-order valence-electron chi connectivity index (χ4n) is 4.90. The van der Waals surface area contributed by atoms with E-state index in [1.807, 2.05) is 48.5 Å². The molecule has 5 rings (SSSR count). The zero-order valence-corrected chi connectivity index (χ0v) is 19.4. The van der Waals surface area contributed by atoms with E-state index in [9.17, 15) is 14.9 Å². The number of nitrogens with one attached hydrogen (secondary N) is 2. The third-order valence-electron chi connectivity index (χ3n) is 6.60. The fourth-order valence-corrected chi connectivity index (χ4v) is 4.90. The van der Waals surface area contributed by atoms with Crippen molar-refractivity contribution in [3.8, 4) is 11.5 Å². The lowest BCUT2D eigenvalue weighted by molar-refractivity contribution is -0.384. The molecule has 178 valence electrons. The van der Waals surface area contributed by atoms with E-state index < -0.39 is 11.0 Å². The second kappa shape index (κ2) is 9.13. The largest absolute Gasteiger partial charge is 0.493 e. The number of methoxy groups -OCH3 is 2. The van der Waals surface area contributed by atoms with E-state index in [0.717, 1.165) is 22.6 Å². The number of fused-ring (bicyclic) bond motifs is 1. The molecule has 0 spiro atoms. The third-order valence-corrected chi connectivity index (χ3v) is 6.60. The van der Waals surface area contributed by atoms with E-state index in [0.29, 0.717) is 35.5 Å². The number of rotatable bonds is 5. The van der Waals surface area contributed by atoms with Crippen LogP contribution in [0.3, 0.4) is 0 Å². The van der Waals surface area contributed by atoms with Crippen LogP contribution in [0.4, 0.5) is 17.1 Å². The van der Waals surface area contributed by atoms with Crippen LogP contribution in [-0.4, -0.2) is 24.9 Å². The van der Waals surface area contributed by atoms with Crippen molar-refractivity contribution in [3.05, 3.63) is 99.2 Å². The Morgan fingerprint density at radius 3 is 2.40 bits per heavy atom. The molecule has 1 aliphatic heterocycles. The molecular weight excluding hydrogens is 446 g/mol. The Morgan fingerprint density at radius 2 is 1.66 bits per heavy atom. The summed E-state index contributed by atoms with van der Waals surface area (Å²) in [6.45, 7) is 0. The first kappa shape index (κ1) is 22.5. The molecule has 8 heteroatoms. The number of carbonyl (C=O) groups excluding carboxylic acids is 1. The van der Waals surface area contributed by atoms with Crippen LogP contribution in [0, 0.1) is 10.1 Å². The molecule has 8 nitrogen and oxygen atoms in total. The maximum absolute atomic E-state index is 13.7. The van der Waals surface area contributed by atoms with Crippen molar-refractivity contribution >= 4 is 22.8 Å². The minimum Gasteiger partial charge on any atom is -0.493 e. The molecule has 0 saturated carbocycles. The summed E-state index contributed by atoms with van der Waals surface area (Å²) in [7, 11) is 3.18. The molecule has 1 aliphatic carbocycles. The summed E-state index contributed by atoms with van der Waals surface area (Å²) in [5, 5.41) is 18.4. The molecule has 2 aliphatic rings. The number of hydrogen-bond acceptors (Lipinski definition) is 7. The molecule has 2 atom stereocenters. The first-order chi connectivity index (χ1) is 17.0. The standard InChI is InChI=1S/C27H25N3O5/c1-34-24-11-10-16(15-25(24)35-2)18-13-22-26(23(31)14-18)27(17-6-5-7-19(12-17)30(32)33)29-21-9-4-3-8-20(21)28-22/h3-12,15,18,27-29H,13-14H2,1-2H3. The summed E-state index contributed by atoms with van der Waals surface area (Å²) in [5.41, 5.74) is 4.75. The van der Waals surface area contributed by atoms with Gasteiger partial charge in [-0.2, -0.15) is 0 Å². The van der Waals surface area contributed by atoms with Gasteiger partial charge in [0.05, 0.1) is 36.6 Å². The van der Waals surface area contributed by atoms with Crippen LogP contribution in [0.1, 0.15) is 35.9 Å². The SMILES string of the molecule is COc1ccc(C2CC(=O)C3=C(C2)Nc2ccccc2NC3c2cccc([N+](=O)[O-])c2)cc1OC. The van der Waals surface area contributed by atoms with Gasteiger partial charge in [0, 0.05) is 29.8 Å². The summed E-state index contributed by atoms with van der Waals surface area (Å²) < 4.78 is 10.8. The smallest absolute Gasteiger partial charge is 0.269 e. The Hall–Kier alpha value is -4.33. The highest BCUT2D eigenvalue weighted by molar-refractivity contribution is 6.01. The van der Waals surface area contributed by atoms with Gasteiger partial charge >= 0.3 is 0 Å². The quantitative estimate of drug-likeness (QED) is 0.369. The van der Waals surface area contributed by atoms with Crippen LogP contribution in [0.25, 0.3) is 0 Å². The number of ether oxygens (including phenoxy) is 2. The molecule has 2 unspecified atom stereocenters. The summed E-state index contributed by atoms with van der Waals surface area (Å²) in [6, 6.07) is 19.4. The van der Waals surface area contributed by atoms with Crippen LogP contribution in [0.2, 0.25) is 0 Å². The average Bonchev–Trinajstić information content (AvgIpc) is 3.05. The monoisotopic (exact) mass is 471 g/mol. The molecule has 0 saturated heterocycles. The Balaban J connectivity index is 1.59. The number of anilines is 2. The van der Waals surface area contributed by atoms with Crippen molar-refractivity contribution in [2.24, 2.45) is 0 Å². The number of allylic oxidation sites excluding steroid dienone is 1. The van der Waals surface area contributed by atoms with Crippen molar-refractivity contribution in [3.63, 3.8) is 0 Å². The molecule has 0 fully saturated rings. The Bertz CT molecular complexity index is 1350. The predicted octanol–water partition coefficient (Wildman–Crippen LogP) is 5.59. The van der Waals surface area contributed by atoms with Crippen LogP contribution >= 0.6 is 0 Å². The van der Waals surface area contributed by atoms with Gasteiger partial charge in [-0.1, -0.05) is 30.3 Å². The number of ketones is 1. The lowest BCUT2D eigenvalue weighted by atomic mass is 9.78. The molecule has 1 heterocycles. The van der Waals surface area contributed by atoms with Crippen molar-refractivity contribution in [1.82, 2.24) is 0 Å². The number of nitro groups is 1. The van der Waals surface area contributed by atoms with Gasteiger partial charge in [-0.05, 0) is 47.7 Å². The number of Topliss-reactive ketones (excluding diaryl/α,β-unsaturated/α-hetero) is 1. The normalized spacial score (nSPS) is 19.0. The van der Waals surface area contributed by atoms with E-state index in [4.69, 9.17) is 9.47 Å². The van der Waals surface area contributed by atoms with Crippen molar-refractivity contribution in [1.29, 1.82) is 0 Å². The summed E-state index contributed by atoms with van der Waals surface area (Å²) in [4.78, 5) is 24.7. The molecule has 3 aromatic rings. The zero-order chi connectivity index (χ0) is 24.5. The maximum Gasteiger partial charge on any atom is 0.269 e. The van der Waals surface area contributed by atoms with E-state index in [-0.39, 0.29) is 17.4 Å². The van der Waals surface area contributed by atoms with Gasteiger partial charge in [0.1, 0.15) is 0 Å². The van der Waals surface area contributed by atoms with Gasteiger partial charge in [0.2, 0.25) is 0 Å². The maximum atomic E-state index is 13.7. The number of carbonyl (C=O) groups is 1. The molecule has 35 heavy (non-hydrogen) atoms. The number of non-ortho nitro benzene ring substituents is 1. The van der Waals surface area contributed by atoms with Gasteiger partial charge in [-0.15, -0.1) is 0 Å². The highest BCUT2D eigenvalue weighted by Gasteiger charge is 2.36. The number of nitro benzene ring substituents is 1. The second-order valence-electron chi connectivity index (χ2n) is 8.64. The first-order valence-electron chi connectivity index (χ1n) is 11.3. The second-order valence-corrected chi connectivity index (χ2v) is 8.64. The van der Waals surface area contributed by atoms with Gasteiger partial charge in [-0.25, -0.2) is 0 Å². The predicted molar refractivity (Wildman–Crippen MR) is 133 cm³/mol. The molecule has 0 aromatic heterocycles. The number of para-hydroxylation sites is 2. The molecule has 0 amide bonds. The number of hydrogen-bond donors (Lipinski definition) is 2. The minimum absolute atomic E-state index is 0.00431. The van der Waals surface area contributed by atoms with Gasteiger partial charge in [0.15, 0.2) is 17.3 Å². The van der Waals surface area contributed by atoms with Crippen molar-refractivity contribution in [2.75, 3.05) is 24.9 Å². The zero-order valence-electron chi connectivity index (χ0n) is 19.4. The number of benzene rings is 3. The fraction of sp³-hybridized carbons (Fsp3) is 0.222. The lowest BCUT2D eigenvalue weighted by Crippen LogP contribution is -2.27. The molecule has 0 radical (unpaired) electrons. The summed E-state index contributed by atoms with van der Waals surface area (Å²) in [5.74, 6) is 1.20. The highest BCUT2D eigenvalue weighted by atomic mass is 16.6. The van der Waals surface area contributed by atoms with E-state index in [1.165, 1.54) is 12.1 Å². The van der Waals surface area contributed by atoms with Gasteiger partial charge in [-0.3, -0.25) is 14.9 Å². The van der Waals surface area contributed by atoms with E-state index in [1.54, 1.807) is 20.3 Å². The Morgan fingerprint density at radius 1 is 0.886 bits per heavy atom. The number of nitrogens with zero attached hydrogens (tertiary/aromatic N) is 1. The molecule has 2 N–H and O–H groups in total. The minimum atomic E-state index is -0.514. The molecule has 3 aromatic carbocycles. The topological polar surface area (TPSA) is 103 Å². The summed E-state index contributed by atoms with van der Waals surface area (Å²) in [6.07, 6.45) is 0.928. The average molecular weight is 472 g/mol. The first-order valence-corrected chi connectivity index (χ1v) is 11.3. The van der Waals surface area contributed by atoms with Crippen LogP contribution in [-0.2, 0) is 4.79 Å². The lowest BCUT2D eigenvalue weighted by Gasteiger charge is -2.30. The van der Waals surface area contributed by atoms with Crippen LogP contribution in [0.15, 0.2) is 78.0 Å². The van der Waals surface area contributed by atoms with Crippen LogP contribution in [0.5, 0.6) is 11.5 Å². The third kappa shape index (κ3) is 4.19. The molecular formula is C27H25N3O5. The van der Waals surface area contributed by atoms with Crippen molar-refractivity contribution in [2.45, 2.75) is 24.8 Å².